The summed E-state index contributed by atoms with van der Waals surface area (Å²) in [4.78, 5) is 17.1. The first-order valence-electron chi connectivity index (χ1n) is 10.5. The van der Waals surface area contributed by atoms with Crippen molar-refractivity contribution in [3.8, 4) is 0 Å². The van der Waals surface area contributed by atoms with E-state index in [0.717, 1.165) is 43.1 Å². The van der Waals surface area contributed by atoms with Crippen LogP contribution >= 0.6 is 0 Å². The molecule has 1 aliphatic heterocycles. The first-order valence-corrected chi connectivity index (χ1v) is 10.5. The second-order valence-electron chi connectivity index (χ2n) is 8.40. The fraction of sp³-hybridized carbons (Fsp3) is 0.565. The van der Waals surface area contributed by atoms with Gasteiger partial charge in [0.2, 0.25) is 5.91 Å². The highest BCUT2D eigenvalue weighted by Gasteiger charge is 2.29. The number of aryl methyl sites for hydroxylation is 2. The van der Waals surface area contributed by atoms with Gasteiger partial charge in [0.05, 0.1) is 24.9 Å². The van der Waals surface area contributed by atoms with E-state index in [9.17, 15) is 4.79 Å². The van der Waals surface area contributed by atoms with Crippen molar-refractivity contribution in [3.05, 3.63) is 52.9 Å². The molecule has 1 aromatic heterocycles. The van der Waals surface area contributed by atoms with E-state index in [1.165, 1.54) is 5.56 Å². The number of benzene rings is 1. The molecule has 1 amide bonds. The van der Waals surface area contributed by atoms with E-state index in [4.69, 9.17) is 9.26 Å². The monoisotopic (exact) mass is 399 g/mol. The topological polar surface area (TPSA) is 58.8 Å². The average Bonchev–Trinajstić information content (AvgIpc) is 2.92. The zero-order valence-corrected chi connectivity index (χ0v) is 18.1. The molecular weight excluding hydrogens is 366 g/mol. The molecular formula is C23H33N3O3. The second-order valence-corrected chi connectivity index (χ2v) is 8.40. The maximum Gasteiger partial charge on any atom is 0.236 e. The molecule has 1 fully saturated rings. The summed E-state index contributed by atoms with van der Waals surface area (Å²) in [7, 11) is 0. The van der Waals surface area contributed by atoms with Gasteiger partial charge in [-0.2, -0.15) is 0 Å². The maximum absolute atomic E-state index is 12.9. The summed E-state index contributed by atoms with van der Waals surface area (Å²) >= 11 is 0. The van der Waals surface area contributed by atoms with E-state index in [1.54, 1.807) is 0 Å². The zero-order valence-electron chi connectivity index (χ0n) is 18.1. The highest BCUT2D eigenvalue weighted by molar-refractivity contribution is 5.78. The fourth-order valence-corrected chi connectivity index (χ4v) is 3.78. The van der Waals surface area contributed by atoms with Gasteiger partial charge in [0, 0.05) is 31.7 Å². The summed E-state index contributed by atoms with van der Waals surface area (Å²) < 4.78 is 11.5. The predicted octanol–water partition coefficient (Wildman–Crippen LogP) is 3.22. The van der Waals surface area contributed by atoms with Crippen LogP contribution in [-0.2, 0) is 22.6 Å². The SMILES string of the molecule is Cc1noc(C)c1COC1CN(CCc2ccccc2)CC(=O)N(CC(C)C)C1. The van der Waals surface area contributed by atoms with Crippen LogP contribution in [0.2, 0.25) is 0 Å². The molecule has 1 atom stereocenters. The van der Waals surface area contributed by atoms with E-state index < -0.39 is 0 Å². The molecule has 2 heterocycles. The summed E-state index contributed by atoms with van der Waals surface area (Å²) in [5.74, 6) is 1.42. The van der Waals surface area contributed by atoms with E-state index in [0.29, 0.717) is 25.6 Å². The highest BCUT2D eigenvalue weighted by Crippen LogP contribution is 2.17. The summed E-state index contributed by atoms with van der Waals surface area (Å²) in [5, 5.41) is 4.01. The lowest BCUT2D eigenvalue weighted by Gasteiger charge is -2.26. The Hall–Kier alpha value is -2.18. The minimum atomic E-state index is -0.0373. The minimum absolute atomic E-state index is 0.0373. The third kappa shape index (κ3) is 6.15. The normalized spacial score (nSPS) is 18.4. The summed E-state index contributed by atoms with van der Waals surface area (Å²) in [5.41, 5.74) is 3.16. The number of nitrogens with zero attached hydrogens (tertiary/aromatic N) is 3. The highest BCUT2D eigenvalue weighted by atomic mass is 16.5. The molecule has 1 aromatic carbocycles. The van der Waals surface area contributed by atoms with Crippen LogP contribution in [0.1, 0.15) is 36.4 Å². The van der Waals surface area contributed by atoms with Gasteiger partial charge in [0.15, 0.2) is 0 Å². The molecule has 29 heavy (non-hydrogen) atoms. The Bertz CT molecular complexity index is 768. The largest absolute Gasteiger partial charge is 0.370 e. The Morgan fingerprint density at radius 3 is 2.62 bits per heavy atom. The quantitative estimate of drug-likeness (QED) is 0.682. The smallest absolute Gasteiger partial charge is 0.236 e. The molecule has 0 radical (unpaired) electrons. The molecule has 0 N–H and O–H groups in total. The third-order valence-corrected chi connectivity index (χ3v) is 5.39. The number of aromatic nitrogens is 1. The van der Waals surface area contributed by atoms with Crippen LogP contribution in [0.3, 0.4) is 0 Å². The molecule has 0 bridgehead atoms. The van der Waals surface area contributed by atoms with Gasteiger partial charge in [-0.1, -0.05) is 49.3 Å². The standard InChI is InChI=1S/C23H33N3O3/c1-17(2)12-26-14-21(28-16-22-18(3)24-29-19(22)4)13-25(15-23(26)27)11-10-20-8-6-5-7-9-20/h5-9,17,21H,10-16H2,1-4H3. The molecule has 6 nitrogen and oxygen atoms in total. The van der Waals surface area contributed by atoms with Crippen molar-refractivity contribution in [1.29, 1.82) is 0 Å². The molecule has 158 valence electrons. The van der Waals surface area contributed by atoms with Gasteiger partial charge < -0.3 is 14.2 Å². The Morgan fingerprint density at radius 2 is 1.97 bits per heavy atom. The van der Waals surface area contributed by atoms with Crippen LogP contribution in [0.25, 0.3) is 0 Å². The molecule has 1 unspecified atom stereocenters. The number of rotatable bonds is 8. The van der Waals surface area contributed by atoms with Gasteiger partial charge in [-0.25, -0.2) is 0 Å². The minimum Gasteiger partial charge on any atom is -0.370 e. The number of ether oxygens (including phenoxy) is 1. The molecule has 3 rings (SSSR count). The lowest BCUT2D eigenvalue weighted by Crippen LogP contribution is -2.40. The van der Waals surface area contributed by atoms with E-state index in [-0.39, 0.29) is 12.0 Å². The summed E-state index contributed by atoms with van der Waals surface area (Å²) in [6.07, 6.45) is 0.888. The number of carbonyl (C=O) groups excluding carboxylic acids is 1. The number of hydrogen-bond donors (Lipinski definition) is 0. The van der Waals surface area contributed by atoms with Crippen molar-refractivity contribution in [2.24, 2.45) is 5.92 Å². The third-order valence-electron chi connectivity index (χ3n) is 5.39. The molecule has 2 aromatic rings. The fourth-order valence-electron chi connectivity index (χ4n) is 3.78. The molecule has 1 saturated heterocycles. The number of amides is 1. The zero-order chi connectivity index (χ0) is 20.8. The Kier molecular flexibility index (Phi) is 7.45. The van der Waals surface area contributed by atoms with Gasteiger partial charge in [-0.15, -0.1) is 0 Å². The van der Waals surface area contributed by atoms with Crippen molar-refractivity contribution in [2.75, 3.05) is 32.7 Å². The van der Waals surface area contributed by atoms with Gasteiger partial charge in [0.1, 0.15) is 5.76 Å². The molecule has 0 saturated carbocycles. The van der Waals surface area contributed by atoms with Crippen molar-refractivity contribution >= 4 is 5.91 Å². The van der Waals surface area contributed by atoms with E-state index in [1.807, 2.05) is 24.8 Å². The maximum atomic E-state index is 12.9. The first kappa shape index (κ1) is 21.5. The van der Waals surface area contributed by atoms with Crippen LogP contribution in [0, 0.1) is 19.8 Å². The van der Waals surface area contributed by atoms with Gasteiger partial charge in [-0.3, -0.25) is 9.69 Å². The Morgan fingerprint density at radius 1 is 1.21 bits per heavy atom. The van der Waals surface area contributed by atoms with Crippen molar-refractivity contribution in [2.45, 2.75) is 46.8 Å². The molecule has 0 aliphatic carbocycles. The molecule has 6 heteroatoms. The number of carbonyl (C=O) groups is 1. The van der Waals surface area contributed by atoms with Gasteiger partial charge in [0.25, 0.3) is 0 Å². The van der Waals surface area contributed by atoms with Crippen LogP contribution in [0.5, 0.6) is 0 Å². The number of hydrogen-bond acceptors (Lipinski definition) is 5. The van der Waals surface area contributed by atoms with E-state index >= 15 is 0 Å². The van der Waals surface area contributed by atoms with Gasteiger partial charge in [-0.05, 0) is 31.7 Å². The van der Waals surface area contributed by atoms with Crippen molar-refractivity contribution in [1.82, 2.24) is 15.0 Å². The average molecular weight is 400 g/mol. The lowest BCUT2D eigenvalue weighted by molar-refractivity contribution is -0.132. The van der Waals surface area contributed by atoms with Crippen LogP contribution < -0.4 is 0 Å². The summed E-state index contributed by atoms with van der Waals surface area (Å²) in [6, 6.07) is 10.4. The first-order chi connectivity index (χ1) is 13.9. The van der Waals surface area contributed by atoms with Crippen LogP contribution in [0.4, 0.5) is 0 Å². The van der Waals surface area contributed by atoms with Crippen LogP contribution in [-0.4, -0.2) is 59.7 Å². The Balaban J connectivity index is 1.67. The Labute approximate surface area is 173 Å². The van der Waals surface area contributed by atoms with E-state index in [2.05, 4.69) is 48.2 Å². The summed E-state index contributed by atoms with van der Waals surface area (Å²) in [6.45, 7) is 12.0. The predicted molar refractivity (Wildman–Crippen MR) is 113 cm³/mol. The van der Waals surface area contributed by atoms with Crippen LogP contribution in [0.15, 0.2) is 34.9 Å². The second kappa shape index (κ2) is 10.0. The van der Waals surface area contributed by atoms with Crippen molar-refractivity contribution < 1.29 is 14.1 Å². The molecule has 1 aliphatic rings. The van der Waals surface area contributed by atoms with Crippen molar-refractivity contribution in [3.63, 3.8) is 0 Å². The molecule has 0 spiro atoms. The van der Waals surface area contributed by atoms with Gasteiger partial charge >= 0.3 is 0 Å². The lowest BCUT2D eigenvalue weighted by atomic mass is 10.1.